The maximum atomic E-state index is 13.1. The Balaban J connectivity index is 1.64. The van der Waals surface area contributed by atoms with Gasteiger partial charge in [0.25, 0.3) is 5.91 Å². The summed E-state index contributed by atoms with van der Waals surface area (Å²) in [7, 11) is 0. The molecule has 3 N–H and O–H groups in total. The van der Waals surface area contributed by atoms with Gasteiger partial charge in [0.05, 0.1) is 16.6 Å². The molecule has 7 heteroatoms. The summed E-state index contributed by atoms with van der Waals surface area (Å²) in [5, 5.41) is 17.8. The minimum Gasteiger partial charge on any atom is -0.503 e. The van der Waals surface area contributed by atoms with Gasteiger partial charge >= 0.3 is 0 Å². The first-order valence-corrected chi connectivity index (χ1v) is 12.2. The zero-order valence-corrected chi connectivity index (χ0v) is 20.3. The topological polar surface area (TPSA) is 70.6 Å². The van der Waals surface area contributed by atoms with E-state index in [2.05, 4.69) is 47.3 Å². The van der Waals surface area contributed by atoms with Crippen molar-refractivity contribution >= 4 is 38.2 Å². The molecule has 0 bridgehead atoms. The smallest absolute Gasteiger partial charge is 0.256 e. The molecule has 2 heterocycles. The van der Waals surface area contributed by atoms with Gasteiger partial charge in [0, 0.05) is 4.88 Å². The van der Waals surface area contributed by atoms with E-state index in [0.29, 0.717) is 28.2 Å². The first kappa shape index (κ1) is 21.5. The predicted molar refractivity (Wildman–Crippen MR) is 125 cm³/mol. The molecular formula is C23H29BrN2O3S. The van der Waals surface area contributed by atoms with Crippen LogP contribution in [0.25, 0.3) is 0 Å². The van der Waals surface area contributed by atoms with Crippen LogP contribution in [0.1, 0.15) is 73.1 Å². The average Bonchev–Trinajstić information content (AvgIpc) is 3.09. The van der Waals surface area contributed by atoms with Gasteiger partial charge in [-0.05, 0) is 76.7 Å². The van der Waals surface area contributed by atoms with Gasteiger partial charge in [-0.25, -0.2) is 0 Å². The normalized spacial score (nSPS) is 20.8. The number of carbonyl (C=O) groups excluding carboxylic acids is 1. The van der Waals surface area contributed by atoms with Crippen LogP contribution in [0.5, 0.6) is 11.5 Å². The first-order chi connectivity index (χ1) is 14.2. The Labute approximate surface area is 190 Å². The van der Waals surface area contributed by atoms with Crippen LogP contribution in [0.15, 0.2) is 16.6 Å². The van der Waals surface area contributed by atoms with Gasteiger partial charge in [0.1, 0.15) is 11.2 Å². The second kappa shape index (κ2) is 8.08. The number of hydrogen-bond donors (Lipinski definition) is 3. The molecule has 0 saturated carbocycles. The third-order valence-electron chi connectivity index (χ3n) is 6.74. The van der Waals surface area contributed by atoms with Gasteiger partial charge in [-0.15, -0.1) is 11.3 Å². The number of rotatable bonds is 5. The van der Waals surface area contributed by atoms with Crippen molar-refractivity contribution in [2.45, 2.75) is 59.5 Å². The lowest BCUT2D eigenvalue weighted by molar-refractivity contribution is 0.0934. The Bertz CT molecular complexity index is 985. The Hall–Kier alpha value is -1.73. The molecule has 0 saturated heterocycles. The van der Waals surface area contributed by atoms with Gasteiger partial charge in [0.15, 0.2) is 11.5 Å². The molecule has 5 nitrogen and oxygen atoms in total. The molecule has 1 aliphatic heterocycles. The molecule has 2 aromatic rings. The van der Waals surface area contributed by atoms with E-state index >= 15 is 0 Å². The summed E-state index contributed by atoms with van der Waals surface area (Å²) in [6.07, 6.45) is 3.94. The van der Waals surface area contributed by atoms with Crippen LogP contribution in [0, 0.1) is 11.3 Å². The fraction of sp³-hybridized carbons (Fsp3) is 0.522. The van der Waals surface area contributed by atoms with Crippen LogP contribution in [0.2, 0.25) is 0 Å². The molecular weight excluding hydrogens is 464 g/mol. The number of hydrogen-bond acceptors (Lipinski definition) is 5. The van der Waals surface area contributed by atoms with Crippen LogP contribution in [-0.4, -0.2) is 17.6 Å². The molecule has 1 aliphatic carbocycles. The molecule has 2 atom stereocenters. The number of phenols is 1. The minimum atomic E-state index is -0.371. The standard InChI is InChI=1S/C23H29BrN2O3S/c1-5-23(3,4)13-7-8-14-17(11-13)30-22-18(14)21(28)25-20(26-22)12-9-15(24)19(27)16(10-12)29-6-2/h9-10,13,20,26-27H,5-8,11H2,1-4H3,(H,25,28)/t13-,20-/m0/s1. The molecule has 1 aromatic carbocycles. The summed E-state index contributed by atoms with van der Waals surface area (Å²) in [4.78, 5) is 14.4. The Kier molecular flexibility index (Phi) is 5.79. The summed E-state index contributed by atoms with van der Waals surface area (Å²) < 4.78 is 6.09. The van der Waals surface area contributed by atoms with Crippen molar-refractivity contribution in [2.75, 3.05) is 11.9 Å². The van der Waals surface area contributed by atoms with Crippen molar-refractivity contribution in [2.24, 2.45) is 11.3 Å². The molecule has 0 fully saturated rings. The van der Waals surface area contributed by atoms with Crippen molar-refractivity contribution in [3.63, 3.8) is 0 Å². The van der Waals surface area contributed by atoms with Gasteiger partial charge < -0.3 is 20.5 Å². The Morgan fingerprint density at radius 2 is 2.07 bits per heavy atom. The predicted octanol–water partition coefficient (Wildman–Crippen LogP) is 6.01. The van der Waals surface area contributed by atoms with Crippen LogP contribution in [0.3, 0.4) is 0 Å². The maximum absolute atomic E-state index is 13.1. The van der Waals surface area contributed by atoms with Gasteiger partial charge in [-0.2, -0.15) is 0 Å². The SMILES string of the molecule is CCOc1cc([C@H]2NC(=O)c3c(sc4c3CC[C@H](C(C)(C)CC)C4)N2)cc(Br)c1O. The Morgan fingerprint density at radius 1 is 1.30 bits per heavy atom. The number of ether oxygens (including phenoxy) is 1. The third-order valence-corrected chi connectivity index (χ3v) is 8.53. The lowest BCUT2D eigenvalue weighted by atomic mass is 9.69. The maximum Gasteiger partial charge on any atom is 0.256 e. The molecule has 0 unspecified atom stereocenters. The molecule has 1 amide bonds. The van der Waals surface area contributed by atoms with Crippen molar-refractivity contribution in [3.8, 4) is 11.5 Å². The number of nitrogens with one attached hydrogen (secondary N) is 2. The fourth-order valence-corrected chi connectivity index (χ4v) is 6.26. The van der Waals surface area contributed by atoms with Crippen molar-refractivity contribution in [1.82, 2.24) is 5.32 Å². The van der Waals surface area contributed by atoms with E-state index in [0.717, 1.165) is 41.8 Å². The van der Waals surface area contributed by atoms with E-state index in [1.54, 1.807) is 17.4 Å². The minimum absolute atomic E-state index is 0.0263. The van der Waals surface area contributed by atoms with Crippen molar-refractivity contribution in [1.29, 1.82) is 0 Å². The second-order valence-electron chi connectivity index (χ2n) is 8.82. The van der Waals surface area contributed by atoms with Crippen molar-refractivity contribution < 1.29 is 14.6 Å². The number of phenolic OH excluding ortho intramolecular Hbond substituents is 1. The number of benzene rings is 1. The third kappa shape index (κ3) is 3.71. The number of halogens is 1. The summed E-state index contributed by atoms with van der Waals surface area (Å²) >= 11 is 5.12. The summed E-state index contributed by atoms with van der Waals surface area (Å²) in [5.74, 6) is 1.09. The highest BCUT2D eigenvalue weighted by atomic mass is 79.9. The highest BCUT2D eigenvalue weighted by Crippen LogP contribution is 2.47. The molecule has 162 valence electrons. The van der Waals surface area contributed by atoms with E-state index in [4.69, 9.17) is 4.74 Å². The lowest BCUT2D eigenvalue weighted by Gasteiger charge is -2.36. The number of carbonyl (C=O) groups is 1. The van der Waals surface area contributed by atoms with E-state index in [-0.39, 0.29) is 17.8 Å². The fourth-order valence-electron chi connectivity index (χ4n) is 4.45. The van der Waals surface area contributed by atoms with Crippen LogP contribution >= 0.6 is 27.3 Å². The molecule has 0 radical (unpaired) electrons. The van der Waals surface area contributed by atoms with E-state index in [9.17, 15) is 9.90 Å². The monoisotopic (exact) mass is 492 g/mol. The van der Waals surface area contributed by atoms with E-state index in [1.165, 1.54) is 10.4 Å². The van der Waals surface area contributed by atoms with Crippen LogP contribution in [0.4, 0.5) is 5.00 Å². The number of aromatic hydroxyl groups is 1. The molecule has 30 heavy (non-hydrogen) atoms. The first-order valence-electron chi connectivity index (χ1n) is 10.6. The second-order valence-corrected chi connectivity index (χ2v) is 10.8. The zero-order valence-electron chi connectivity index (χ0n) is 17.9. The highest BCUT2D eigenvalue weighted by molar-refractivity contribution is 9.10. The van der Waals surface area contributed by atoms with E-state index in [1.807, 2.05) is 13.0 Å². The quantitative estimate of drug-likeness (QED) is 0.477. The highest BCUT2D eigenvalue weighted by Gasteiger charge is 2.37. The molecule has 0 spiro atoms. The zero-order chi connectivity index (χ0) is 21.6. The van der Waals surface area contributed by atoms with Crippen LogP contribution in [-0.2, 0) is 12.8 Å². The van der Waals surface area contributed by atoms with E-state index < -0.39 is 0 Å². The van der Waals surface area contributed by atoms with Crippen molar-refractivity contribution in [3.05, 3.63) is 38.2 Å². The molecule has 1 aromatic heterocycles. The molecule has 2 aliphatic rings. The Morgan fingerprint density at radius 3 is 2.77 bits per heavy atom. The largest absolute Gasteiger partial charge is 0.503 e. The van der Waals surface area contributed by atoms with Crippen LogP contribution < -0.4 is 15.4 Å². The average molecular weight is 493 g/mol. The number of thiophene rings is 1. The van der Waals surface area contributed by atoms with Gasteiger partial charge in [0.2, 0.25) is 0 Å². The number of fused-ring (bicyclic) bond motifs is 3. The summed E-state index contributed by atoms with van der Waals surface area (Å²) in [6, 6.07) is 3.59. The lowest BCUT2D eigenvalue weighted by Crippen LogP contribution is -2.38. The number of anilines is 1. The van der Waals surface area contributed by atoms with Gasteiger partial charge in [-0.1, -0.05) is 27.2 Å². The number of amides is 1. The summed E-state index contributed by atoms with van der Waals surface area (Å²) in [6.45, 7) is 9.30. The van der Waals surface area contributed by atoms with Gasteiger partial charge in [-0.3, -0.25) is 4.79 Å². The molecule has 4 rings (SSSR count). The summed E-state index contributed by atoms with van der Waals surface area (Å²) in [5.41, 5.74) is 3.19.